The maximum absolute atomic E-state index is 12.8. The normalized spacial score (nSPS) is 12.2. The molecular weight excluding hydrogens is 277 g/mol. The summed E-state index contributed by atoms with van der Waals surface area (Å²) in [5.41, 5.74) is 1.67. The van der Waals surface area contributed by atoms with Crippen molar-refractivity contribution >= 4 is 22.4 Å². The van der Waals surface area contributed by atoms with Gasteiger partial charge in [0.25, 0.3) is 0 Å². The molecule has 0 saturated carbocycles. The summed E-state index contributed by atoms with van der Waals surface area (Å²) in [5.74, 6) is -0.464. The van der Waals surface area contributed by atoms with Gasteiger partial charge in [0.05, 0.1) is 12.1 Å². The molecular formula is C14H16FN3OS. The van der Waals surface area contributed by atoms with Crippen molar-refractivity contribution in [3.63, 3.8) is 0 Å². The summed E-state index contributed by atoms with van der Waals surface area (Å²) in [7, 11) is 1.86. The average Bonchev–Trinajstić information content (AvgIpc) is 2.89. The number of amides is 1. The molecule has 4 nitrogen and oxygen atoms in total. The Kier molecular flexibility index (Phi) is 4.81. The highest BCUT2D eigenvalue weighted by molar-refractivity contribution is 7.13. The minimum atomic E-state index is -0.306. The Balaban J connectivity index is 1.94. The van der Waals surface area contributed by atoms with Gasteiger partial charge in [-0.25, -0.2) is 9.37 Å². The van der Waals surface area contributed by atoms with E-state index in [-0.39, 0.29) is 24.2 Å². The zero-order chi connectivity index (χ0) is 14.5. The van der Waals surface area contributed by atoms with Crippen molar-refractivity contribution < 1.29 is 9.18 Å². The summed E-state index contributed by atoms with van der Waals surface area (Å²) in [4.78, 5) is 16.2. The molecule has 0 aliphatic heterocycles. The van der Waals surface area contributed by atoms with Gasteiger partial charge in [0.15, 0.2) is 5.13 Å². The van der Waals surface area contributed by atoms with Crippen molar-refractivity contribution in [2.24, 2.45) is 0 Å². The van der Waals surface area contributed by atoms with Gasteiger partial charge in [-0.15, -0.1) is 11.3 Å². The molecule has 1 aromatic carbocycles. The van der Waals surface area contributed by atoms with E-state index in [1.165, 1.54) is 23.5 Å². The third kappa shape index (κ3) is 3.85. The van der Waals surface area contributed by atoms with Crippen molar-refractivity contribution in [1.82, 2.24) is 10.3 Å². The number of thiazole rings is 1. The van der Waals surface area contributed by atoms with E-state index in [0.29, 0.717) is 5.13 Å². The van der Waals surface area contributed by atoms with Crippen LogP contribution < -0.4 is 10.6 Å². The van der Waals surface area contributed by atoms with E-state index in [4.69, 9.17) is 0 Å². The van der Waals surface area contributed by atoms with E-state index in [9.17, 15) is 9.18 Å². The number of carbonyl (C=O) groups excluding carboxylic acids is 1. The van der Waals surface area contributed by atoms with Gasteiger partial charge in [-0.3, -0.25) is 4.79 Å². The van der Waals surface area contributed by atoms with Gasteiger partial charge in [-0.2, -0.15) is 0 Å². The summed E-state index contributed by atoms with van der Waals surface area (Å²) in [6.45, 7) is 2.00. The molecule has 0 spiro atoms. The van der Waals surface area contributed by atoms with Gasteiger partial charge in [0, 0.05) is 11.4 Å². The lowest BCUT2D eigenvalue weighted by Gasteiger charge is -2.05. The SMILES string of the molecule is CNC(C)c1csc(NC(=O)Cc2ccc(F)cc2)n1. The van der Waals surface area contributed by atoms with Crippen LogP contribution in [0.15, 0.2) is 29.6 Å². The summed E-state index contributed by atoms with van der Waals surface area (Å²) in [5, 5.41) is 8.33. The van der Waals surface area contributed by atoms with Gasteiger partial charge < -0.3 is 10.6 Å². The van der Waals surface area contributed by atoms with Gasteiger partial charge >= 0.3 is 0 Å². The smallest absolute Gasteiger partial charge is 0.230 e. The molecule has 1 amide bonds. The van der Waals surface area contributed by atoms with Crippen molar-refractivity contribution in [1.29, 1.82) is 0 Å². The predicted molar refractivity (Wildman–Crippen MR) is 78.3 cm³/mol. The lowest BCUT2D eigenvalue weighted by atomic mass is 10.1. The van der Waals surface area contributed by atoms with Crippen LogP contribution >= 0.6 is 11.3 Å². The standard InChI is InChI=1S/C14H16FN3OS/c1-9(16-2)12-8-20-14(17-12)18-13(19)7-10-3-5-11(15)6-4-10/h3-6,8-9,16H,7H2,1-2H3,(H,17,18,19). The largest absolute Gasteiger partial charge is 0.312 e. The number of rotatable bonds is 5. The number of nitrogens with zero attached hydrogens (tertiary/aromatic N) is 1. The first-order valence-electron chi connectivity index (χ1n) is 6.25. The van der Waals surface area contributed by atoms with Crippen LogP contribution in [0, 0.1) is 5.82 Å². The average molecular weight is 293 g/mol. The number of hydrogen-bond donors (Lipinski definition) is 2. The zero-order valence-corrected chi connectivity index (χ0v) is 12.1. The monoisotopic (exact) mass is 293 g/mol. The number of aromatic nitrogens is 1. The topological polar surface area (TPSA) is 54.0 Å². The van der Waals surface area contributed by atoms with Crippen molar-refractivity contribution in [3.05, 3.63) is 46.7 Å². The fourth-order valence-corrected chi connectivity index (χ4v) is 2.46. The van der Waals surface area contributed by atoms with Crippen molar-refractivity contribution in [2.45, 2.75) is 19.4 Å². The highest BCUT2D eigenvalue weighted by Gasteiger charge is 2.10. The number of hydrogen-bond acceptors (Lipinski definition) is 4. The molecule has 2 N–H and O–H groups in total. The van der Waals surface area contributed by atoms with Crippen LogP contribution in [0.2, 0.25) is 0 Å². The van der Waals surface area contributed by atoms with Gasteiger partial charge in [0.2, 0.25) is 5.91 Å². The molecule has 6 heteroatoms. The second-order valence-corrected chi connectivity index (χ2v) is 5.30. The minimum Gasteiger partial charge on any atom is -0.312 e. The zero-order valence-electron chi connectivity index (χ0n) is 11.3. The molecule has 0 fully saturated rings. The van der Waals surface area contributed by atoms with Crippen molar-refractivity contribution in [2.75, 3.05) is 12.4 Å². The summed E-state index contributed by atoms with van der Waals surface area (Å²) < 4.78 is 12.8. The van der Waals surface area contributed by atoms with Crippen LogP contribution in [0.4, 0.5) is 9.52 Å². The maximum atomic E-state index is 12.8. The molecule has 0 aliphatic carbocycles. The van der Waals surface area contributed by atoms with Crippen LogP contribution in [0.3, 0.4) is 0 Å². The van der Waals surface area contributed by atoms with Gasteiger partial charge in [0.1, 0.15) is 5.82 Å². The Morgan fingerprint density at radius 1 is 1.40 bits per heavy atom. The molecule has 1 unspecified atom stereocenters. The Hall–Kier alpha value is -1.79. The van der Waals surface area contributed by atoms with E-state index < -0.39 is 0 Å². The highest BCUT2D eigenvalue weighted by Crippen LogP contribution is 2.20. The summed E-state index contributed by atoms with van der Waals surface area (Å²) in [6.07, 6.45) is 0.205. The van der Waals surface area contributed by atoms with E-state index >= 15 is 0 Å². The molecule has 0 aliphatic rings. The minimum absolute atomic E-state index is 0.147. The highest BCUT2D eigenvalue weighted by atomic mass is 32.1. The molecule has 0 saturated heterocycles. The number of benzene rings is 1. The van der Waals surface area contributed by atoms with Gasteiger partial charge in [-0.1, -0.05) is 12.1 Å². The molecule has 20 heavy (non-hydrogen) atoms. The van der Waals surface area contributed by atoms with Crippen LogP contribution in [0.5, 0.6) is 0 Å². The lowest BCUT2D eigenvalue weighted by Crippen LogP contribution is -2.15. The molecule has 0 bridgehead atoms. The third-order valence-corrected chi connectivity index (χ3v) is 3.70. The molecule has 1 atom stereocenters. The number of halogens is 1. The van der Waals surface area contributed by atoms with Crippen LogP contribution in [-0.4, -0.2) is 17.9 Å². The Morgan fingerprint density at radius 2 is 2.10 bits per heavy atom. The summed E-state index contributed by atoms with van der Waals surface area (Å²) >= 11 is 1.39. The molecule has 2 rings (SSSR count). The molecule has 1 aromatic heterocycles. The number of nitrogens with one attached hydrogen (secondary N) is 2. The van der Waals surface area contributed by atoms with E-state index in [1.54, 1.807) is 12.1 Å². The van der Waals surface area contributed by atoms with E-state index in [1.807, 2.05) is 19.4 Å². The molecule has 106 valence electrons. The molecule has 1 heterocycles. The quantitative estimate of drug-likeness (QED) is 0.891. The fraction of sp³-hybridized carbons (Fsp3) is 0.286. The van der Waals surface area contributed by atoms with Crippen LogP contribution in [-0.2, 0) is 11.2 Å². The Bertz CT molecular complexity index is 582. The lowest BCUT2D eigenvalue weighted by molar-refractivity contribution is -0.115. The predicted octanol–water partition coefficient (Wildman–Crippen LogP) is 2.74. The second-order valence-electron chi connectivity index (χ2n) is 4.44. The summed E-state index contributed by atoms with van der Waals surface area (Å²) in [6, 6.07) is 6.04. The molecule has 0 radical (unpaired) electrons. The van der Waals surface area contributed by atoms with E-state index in [2.05, 4.69) is 15.6 Å². The van der Waals surface area contributed by atoms with Gasteiger partial charge in [-0.05, 0) is 31.7 Å². The van der Waals surface area contributed by atoms with E-state index in [0.717, 1.165) is 11.3 Å². The third-order valence-electron chi connectivity index (χ3n) is 2.92. The number of anilines is 1. The first-order chi connectivity index (χ1) is 9.58. The molecule has 2 aromatic rings. The first kappa shape index (κ1) is 14.6. The first-order valence-corrected chi connectivity index (χ1v) is 7.13. The second kappa shape index (κ2) is 6.58. The Labute approximate surface area is 121 Å². The van der Waals surface area contributed by atoms with Crippen molar-refractivity contribution in [3.8, 4) is 0 Å². The Morgan fingerprint density at radius 3 is 2.75 bits per heavy atom. The fourth-order valence-electron chi connectivity index (χ4n) is 1.64. The van der Waals surface area contributed by atoms with Crippen LogP contribution in [0.25, 0.3) is 0 Å². The van der Waals surface area contributed by atoms with Crippen LogP contribution in [0.1, 0.15) is 24.2 Å². The number of carbonyl (C=O) groups is 1. The maximum Gasteiger partial charge on any atom is 0.230 e.